The molecule has 0 saturated carbocycles. The smallest absolute Gasteiger partial charge is 0.228 e. The van der Waals surface area contributed by atoms with E-state index in [9.17, 15) is 4.79 Å². The van der Waals surface area contributed by atoms with Gasteiger partial charge in [0, 0.05) is 16.9 Å². The van der Waals surface area contributed by atoms with E-state index in [-0.39, 0.29) is 5.91 Å². The van der Waals surface area contributed by atoms with Crippen LogP contribution in [-0.2, 0) is 11.2 Å². The van der Waals surface area contributed by atoms with Crippen molar-refractivity contribution >= 4 is 34.8 Å². The third kappa shape index (κ3) is 4.12. The maximum Gasteiger partial charge on any atom is 0.228 e. The number of carbonyl (C=O) groups excluding carboxylic acids is 1. The van der Waals surface area contributed by atoms with Gasteiger partial charge in [-0.1, -0.05) is 35.3 Å². The molecule has 0 saturated heterocycles. The normalized spacial score (nSPS) is 10.5. The molecule has 2 aromatic carbocycles. The summed E-state index contributed by atoms with van der Waals surface area (Å²) in [6, 6.07) is 14.6. The molecule has 23 heavy (non-hydrogen) atoms. The van der Waals surface area contributed by atoms with Crippen molar-refractivity contribution in [3.05, 3.63) is 76.5 Å². The van der Waals surface area contributed by atoms with Crippen LogP contribution in [0.1, 0.15) is 5.56 Å². The van der Waals surface area contributed by atoms with E-state index in [1.807, 2.05) is 36.4 Å². The van der Waals surface area contributed by atoms with Crippen molar-refractivity contribution in [3.63, 3.8) is 0 Å². The lowest BCUT2D eigenvalue weighted by Gasteiger charge is -2.07. The van der Waals surface area contributed by atoms with Crippen LogP contribution in [0.3, 0.4) is 0 Å². The highest BCUT2D eigenvalue weighted by molar-refractivity contribution is 6.30. The number of nitrogens with one attached hydrogen (secondary N) is 1. The molecule has 0 fully saturated rings. The van der Waals surface area contributed by atoms with Crippen LogP contribution in [0.4, 0.5) is 5.69 Å². The molecule has 1 aromatic heterocycles. The van der Waals surface area contributed by atoms with Gasteiger partial charge in [-0.15, -0.1) is 0 Å². The van der Waals surface area contributed by atoms with Gasteiger partial charge in [0.25, 0.3) is 0 Å². The molecule has 1 N–H and O–H groups in total. The molecule has 3 aromatic rings. The zero-order chi connectivity index (χ0) is 16.2. The standard InChI is InChI=1S/C17H13Cl2N3O/c18-13-3-1-12(2-4-13)9-17(23)21-15-5-7-16(8-6-15)22-11-14(19)10-20-22/h1-8,10-11H,9H2,(H,21,23). The van der Waals surface area contributed by atoms with E-state index < -0.39 is 0 Å². The molecule has 0 aliphatic rings. The first-order chi connectivity index (χ1) is 11.1. The third-order valence-electron chi connectivity index (χ3n) is 3.24. The molecule has 0 aliphatic heterocycles. The van der Waals surface area contributed by atoms with Gasteiger partial charge < -0.3 is 5.32 Å². The van der Waals surface area contributed by atoms with E-state index >= 15 is 0 Å². The van der Waals surface area contributed by atoms with Crippen LogP contribution in [0.15, 0.2) is 60.9 Å². The average Bonchev–Trinajstić information content (AvgIpc) is 2.97. The summed E-state index contributed by atoms with van der Waals surface area (Å²) in [7, 11) is 0. The Balaban J connectivity index is 1.63. The maximum atomic E-state index is 12.0. The minimum absolute atomic E-state index is 0.0813. The predicted molar refractivity (Wildman–Crippen MR) is 92.4 cm³/mol. The highest BCUT2D eigenvalue weighted by Gasteiger charge is 2.05. The minimum atomic E-state index is -0.0813. The molecular weight excluding hydrogens is 333 g/mol. The summed E-state index contributed by atoms with van der Waals surface area (Å²) in [6.45, 7) is 0. The quantitative estimate of drug-likeness (QED) is 0.763. The Hall–Kier alpha value is -2.30. The summed E-state index contributed by atoms with van der Waals surface area (Å²) >= 11 is 11.7. The predicted octanol–water partition coefficient (Wildman–Crippen LogP) is 4.36. The van der Waals surface area contributed by atoms with E-state index in [2.05, 4.69) is 10.4 Å². The Kier molecular flexibility index (Phi) is 4.65. The number of benzene rings is 2. The second kappa shape index (κ2) is 6.86. The lowest BCUT2D eigenvalue weighted by molar-refractivity contribution is -0.115. The van der Waals surface area contributed by atoms with Gasteiger partial charge in [-0.25, -0.2) is 4.68 Å². The Bertz CT molecular complexity index is 811. The van der Waals surface area contributed by atoms with E-state index in [0.717, 1.165) is 16.9 Å². The van der Waals surface area contributed by atoms with Crippen LogP contribution in [0, 0.1) is 0 Å². The fraction of sp³-hybridized carbons (Fsp3) is 0.0588. The summed E-state index contributed by atoms with van der Waals surface area (Å²) in [6.07, 6.45) is 3.59. The summed E-state index contributed by atoms with van der Waals surface area (Å²) in [5.41, 5.74) is 2.51. The SMILES string of the molecule is O=C(Cc1ccc(Cl)cc1)Nc1ccc(-n2cc(Cl)cn2)cc1. The number of anilines is 1. The number of amides is 1. The largest absolute Gasteiger partial charge is 0.326 e. The first-order valence-corrected chi connectivity index (χ1v) is 7.71. The van der Waals surface area contributed by atoms with Crippen LogP contribution in [-0.4, -0.2) is 15.7 Å². The van der Waals surface area contributed by atoms with E-state index in [4.69, 9.17) is 23.2 Å². The van der Waals surface area contributed by atoms with Gasteiger partial charge in [-0.2, -0.15) is 5.10 Å². The van der Waals surface area contributed by atoms with Crippen LogP contribution in [0.2, 0.25) is 10.0 Å². The fourth-order valence-electron chi connectivity index (χ4n) is 2.13. The molecule has 0 bridgehead atoms. The number of halogens is 2. The van der Waals surface area contributed by atoms with Crippen LogP contribution in [0.5, 0.6) is 0 Å². The van der Waals surface area contributed by atoms with E-state index in [1.165, 1.54) is 0 Å². The van der Waals surface area contributed by atoms with Gasteiger partial charge in [0.15, 0.2) is 0 Å². The zero-order valence-electron chi connectivity index (χ0n) is 12.0. The number of hydrogen-bond donors (Lipinski definition) is 1. The van der Waals surface area contributed by atoms with Crippen LogP contribution in [0.25, 0.3) is 5.69 Å². The van der Waals surface area contributed by atoms with E-state index in [0.29, 0.717) is 16.5 Å². The third-order valence-corrected chi connectivity index (χ3v) is 3.69. The molecule has 0 radical (unpaired) electrons. The molecular formula is C17H13Cl2N3O. The van der Waals surface area contributed by atoms with Crippen molar-refractivity contribution in [2.24, 2.45) is 0 Å². The van der Waals surface area contributed by atoms with Crippen molar-refractivity contribution in [1.29, 1.82) is 0 Å². The van der Waals surface area contributed by atoms with Gasteiger partial charge >= 0.3 is 0 Å². The second-order valence-corrected chi connectivity index (χ2v) is 5.87. The second-order valence-electron chi connectivity index (χ2n) is 5.00. The van der Waals surface area contributed by atoms with Crippen molar-refractivity contribution in [2.45, 2.75) is 6.42 Å². The molecule has 0 atom stereocenters. The van der Waals surface area contributed by atoms with Gasteiger partial charge in [0.1, 0.15) is 0 Å². The topological polar surface area (TPSA) is 46.9 Å². The molecule has 0 spiro atoms. The molecule has 0 aliphatic carbocycles. The fourth-order valence-corrected chi connectivity index (χ4v) is 2.39. The molecule has 116 valence electrons. The number of nitrogens with zero attached hydrogens (tertiary/aromatic N) is 2. The first kappa shape index (κ1) is 15.6. The number of aromatic nitrogens is 2. The lowest BCUT2D eigenvalue weighted by atomic mass is 10.1. The Labute approximate surface area is 143 Å². The van der Waals surface area contributed by atoms with Gasteiger partial charge in [-0.3, -0.25) is 4.79 Å². The lowest BCUT2D eigenvalue weighted by Crippen LogP contribution is -2.14. The monoisotopic (exact) mass is 345 g/mol. The number of hydrogen-bond acceptors (Lipinski definition) is 2. The minimum Gasteiger partial charge on any atom is -0.326 e. The van der Waals surface area contributed by atoms with Crippen molar-refractivity contribution in [1.82, 2.24) is 9.78 Å². The summed E-state index contributed by atoms with van der Waals surface area (Å²) in [5.74, 6) is -0.0813. The highest BCUT2D eigenvalue weighted by atomic mass is 35.5. The molecule has 1 heterocycles. The van der Waals surface area contributed by atoms with E-state index in [1.54, 1.807) is 29.2 Å². The Morgan fingerprint density at radius 3 is 2.30 bits per heavy atom. The Morgan fingerprint density at radius 2 is 1.70 bits per heavy atom. The molecule has 6 heteroatoms. The molecule has 0 unspecified atom stereocenters. The van der Waals surface area contributed by atoms with Crippen molar-refractivity contribution < 1.29 is 4.79 Å². The van der Waals surface area contributed by atoms with Crippen molar-refractivity contribution in [2.75, 3.05) is 5.32 Å². The summed E-state index contributed by atoms with van der Waals surface area (Å²) in [4.78, 5) is 12.0. The number of rotatable bonds is 4. The number of carbonyl (C=O) groups is 1. The van der Waals surface area contributed by atoms with Gasteiger partial charge in [0.05, 0.1) is 23.3 Å². The molecule has 3 rings (SSSR count). The molecule has 1 amide bonds. The first-order valence-electron chi connectivity index (χ1n) is 6.95. The van der Waals surface area contributed by atoms with Crippen molar-refractivity contribution in [3.8, 4) is 5.69 Å². The zero-order valence-corrected chi connectivity index (χ0v) is 13.6. The Morgan fingerprint density at radius 1 is 1.00 bits per heavy atom. The molecule has 4 nitrogen and oxygen atoms in total. The summed E-state index contributed by atoms with van der Waals surface area (Å²) < 4.78 is 1.67. The highest BCUT2D eigenvalue weighted by Crippen LogP contribution is 2.16. The summed E-state index contributed by atoms with van der Waals surface area (Å²) in [5, 5.41) is 8.22. The van der Waals surface area contributed by atoms with Crippen LogP contribution < -0.4 is 5.32 Å². The maximum absolute atomic E-state index is 12.0. The average molecular weight is 346 g/mol. The van der Waals surface area contributed by atoms with Gasteiger partial charge in [-0.05, 0) is 42.0 Å². The van der Waals surface area contributed by atoms with Crippen LogP contribution >= 0.6 is 23.2 Å². The van der Waals surface area contributed by atoms with Gasteiger partial charge in [0.2, 0.25) is 5.91 Å².